The molecular weight excluding hydrogens is 438 g/mol. The van der Waals surface area contributed by atoms with Gasteiger partial charge in [-0.1, -0.05) is 0 Å². The summed E-state index contributed by atoms with van der Waals surface area (Å²) in [5.74, 6) is 0.571. The van der Waals surface area contributed by atoms with Crippen LogP contribution in [-0.4, -0.2) is 96.5 Å². The lowest BCUT2D eigenvalue weighted by atomic mass is 10.1. The third-order valence-electron chi connectivity index (χ3n) is 5.97. The number of methoxy groups -OCH3 is 1. The van der Waals surface area contributed by atoms with E-state index in [4.69, 9.17) is 4.74 Å². The fourth-order valence-electron chi connectivity index (χ4n) is 4.12. The third kappa shape index (κ3) is 5.79. The van der Waals surface area contributed by atoms with E-state index in [1.807, 2.05) is 0 Å². The lowest BCUT2D eigenvalue weighted by Gasteiger charge is -2.38. The van der Waals surface area contributed by atoms with Crippen LogP contribution < -0.4 is 20.3 Å². The van der Waals surface area contributed by atoms with E-state index in [9.17, 15) is 14.4 Å². The number of carbonyl (C=O) groups is 3. The summed E-state index contributed by atoms with van der Waals surface area (Å²) in [5, 5.41) is 5.55. The first-order chi connectivity index (χ1) is 16.5. The van der Waals surface area contributed by atoms with Gasteiger partial charge in [0.05, 0.1) is 20.1 Å². The SMILES string of the molecule is COc1ccc(NC(=O)C[C@@H]2C(=O)NCCN2C(=O)CN2CCN(c3ncccn3)CC2)cc1. The smallest absolute Gasteiger partial charge is 0.243 e. The van der Waals surface area contributed by atoms with Gasteiger partial charge >= 0.3 is 0 Å². The number of benzene rings is 1. The normalized spacial score (nSPS) is 18.9. The average molecular weight is 468 g/mol. The number of hydrogen-bond acceptors (Lipinski definition) is 8. The molecule has 1 aromatic carbocycles. The van der Waals surface area contributed by atoms with E-state index in [0.717, 1.165) is 0 Å². The molecule has 34 heavy (non-hydrogen) atoms. The monoisotopic (exact) mass is 467 g/mol. The second kappa shape index (κ2) is 10.9. The molecule has 1 aromatic heterocycles. The number of ether oxygens (including phenoxy) is 1. The minimum absolute atomic E-state index is 0.108. The Morgan fingerprint density at radius 2 is 1.79 bits per heavy atom. The topological polar surface area (TPSA) is 120 Å². The lowest BCUT2D eigenvalue weighted by molar-refractivity contribution is -0.145. The van der Waals surface area contributed by atoms with Gasteiger partial charge in [0.2, 0.25) is 23.7 Å². The molecule has 2 saturated heterocycles. The highest BCUT2D eigenvalue weighted by molar-refractivity contribution is 5.97. The second-order valence-corrected chi connectivity index (χ2v) is 8.19. The Hall–Kier alpha value is -3.73. The quantitative estimate of drug-likeness (QED) is 0.582. The molecule has 4 rings (SSSR count). The van der Waals surface area contributed by atoms with Crippen molar-refractivity contribution in [2.45, 2.75) is 12.5 Å². The van der Waals surface area contributed by atoms with Crippen LogP contribution in [0.15, 0.2) is 42.7 Å². The van der Waals surface area contributed by atoms with E-state index >= 15 is 0 Å². The van der Waals surface area contributed by atoms with Gasteiger partial charge in [0.25, 0.3) is 0 Å². The number of nitrogens with zero attached hydrogens (tertiary/aromatic N) is 5. The number of hydrogen-bond donors (Lipinski definition) is 2. The number of nitrogens with one attached hydrogen (secondary N) is 2. The molecule has 3 amide bonds. The molecule has 2 aromatic rings. The highest BCUT2D eigenvalue weighted by Crippen LogP contribution is 2.17. The Morgan fingerprint density at radius 1 is 1.09 bits per heavy atom. The van der Waals surface area contributed by atoms with Crippen LogP contribution in [0.4, 0.5) is 11.6 Å². The molecule has 2 aliphatic rings. The fraction of sp³-hybridized carbons (Fsp3) is 0.435. The maximum atomic E-state index is 13.1. The number of aromatic nitrogens is 2. The van der Waals surface area contributed by atoms with Crippen LogP contribution in [0.2, 0.25) is 0 Å². The first kappa shape index (κ1) is 23.4. The molecule has 0 radical (unpaired) electrons. The Balaban J connectivity index is 1.31. The van der Waals surface area contributed by atoms with Crippen molar-refractivity contribution >= 4 is 29.4 Å². The van der Waals surface area contributed by atoms with Crippen LogP contribution >= 0.6 is 0 Å². The summed E-state index contributed by atoms with van der Waals surface area (Å²) in [7, 11) is 1.57. The molecule has 11 nitrogen and oxygen atoms in total. The zero-order valence-electron chi connectivity index (χ0n) is 19.1. The number of carbonyl (C=O) groups excluding carboxylic acids is 3. The number of piperazine rings is 2. The van der Waals surface area contributed by atoms with E-state index in [1.54, 1.807) is 49.8 Å². The van der Waals surface area contributed by atoms with Gasteiger partial charge in [-0.25, -0.2) is 9.97 Å². The van der Waals surface area contributed by atoms with Crippen molar-refractivity contribution in [1.82, 2.24) is 25.1 Å². The van der Waals surface area contributed by atoms with Gasteiger partial charge < -0.3 is 25.2 Å². The van der Waals surface area contributed by atoms with E-state index in [-0.39, 0.29) is 30.7 Å². The van der Waals surface area contributed by atoms with Crippen molar-refractivity contribution in [3.8, 4) is 5.75 Å². The molecule has 0 aliphatic carbocycles. The second-order valence-electron chi connectivity index (χ2n) is 8.19. The maximum Gasteiger partial charge on any atom is 0.243 e. The molecule has 3 heterocycles. The minimum Gasteiger partial charge on any atom is -0.497 e. The third-order valence-corrected chi connectivity index (χ3v) is 5.97. The van der Waals surface area contributed by atoms with Gasteiger partial charge in [0, 0.05) is 57.3 Å². The van der Waals surface area contributed by atoms with Crippen molar-refractivity contribution in [3.63, 3.8) is 0 Å². The highest BCUT2D eigenvalue weighted by atomic mass is 16.5. The molecule has 2 fully saturated rings. The summed E-state index contributed by atoms with van der Waals surface area (Å²) >= 11 is 0. The minimum atomic E-state index is -0.835. The standard InChI is InChI=1S/C23H29N7O4/c1-34-18-5-3-17(4-6-18)27-20(31)15-19-22(33)24-9-10-30(19)21(32)16-28-11-13-29(14-12-28)23-25-7-2-8-26-23/h2-8,19H,9-16H2,1H3,(H,24,33)(H,27,31)/t19-/m1/s1. The van der Waals surface area contributed by atoms with Gasteiger partial charge in [0.15, 0.2) is 0 Å². The fourth-order valence-corrected chi connectivity index (χ4v) is 4.12. The van der Waals surface area contributed by atoms with Crippen molar-refractivity contribution in [1.29, 1.82) is 0 Å². The zero-order chi connectivity index (χ0) is 23.9. The van der Waals surface area contributed by atoms with Crippen molar-refractivity contribution < 1.29 is 19.1 Å². The summed E-state index contributed by atoms with van der Waals surface area (Å²) in [6, 6.07) is 7.87. The van der Waals surface area contributed by atoms with Crippen molar-refractivity contribution in [3.05, 3.63) is 42.7 Å². The number of amides is 3. The van der Waals surface area contributed by atoms with Crippen LogP contribution in [-0.2, 0) is 14.4 Å². The van der Waals surface area contributed by atoms with Crippen LogP contribution in [0, 0.1) is 0 Å². The first-order valence-electron chi connectivity index (χ1n) is 11.3. The van der Waals surface area contributed by atoms with Gasteiger partial charge in [-0.05, 0) is 30.3 Å². The zero-order valence-corrected chi connectivity index (χ0v) is 19.1. The van der Waals surface area contributed by atoms with Crippen LogP contribution in [0.1, 0.15) is 6.42 Å². The summed E-state index contributed by atoms with van der Waals surface area (Å²) in [6.45, 7) is 3.76. The average Bonchev–Trinajstić information content (AvgIpc) is 2.86. The van der Waals surface area contributed by atoms with Gasteiger partial charge in [-0.2, -0.15) is 0 Å². The molecule has 0 bridgehead atoms. The molecule has 180 valence electrons. The molecule has 2 aliphatic heterocycles. The lowest BCUT2D eigenvalue weighted by Crippen LogP contribution is -2.60. The largest absolute Gasteiger partial charge is 0.497 e. The van der Waals surface area contributed by atoms with Gasteiger partial charge in [0.1, 0.15) is 11.8 Å². The maximum absolute atomic E-state index is 13.1. The Morgan fingerprint density at radius 3 is 2.47 bits per heavy atom. The summed E-state index contributed by atoms with van der Waals surface area (Å²) in [6.07, 6.45) is 3.32. The predicted octanol–water partition coefficient (Wildman–Crippen LogP) is -0.0370. The molecule has 0 saturated carbocycles. The van der Waals surface area contributed by atoms with E-state index < -0.39 is 6.04 Å². The van der Waals surface area contributed by atoms with Crippen LogP contribution in [0.3, 0.4) is 0 Å². The Labute approximate surface area is 198 Å². The summed E-state index contributed by atoms with van der Waals surface area (Å²) in [5.41, 5.74) is 0.597. The number of rotatable bonds is 7. The summed E-state index contributed by atoms with van der Waals surface area (Å²) in [4.78, 5) is 52.5. The number of anilines is 2. The van der Waals surface area contributed by atoms with Crippen molar-refractivity contribution in [2.75, 3.05) is 63.1 Å². The predicted molar refractivity (Wildman–Crippen MR) is 125 cm³/mol. The molecule has 1 atom stereocenters. The Bertz CT molecular complexity index is 994. The van der Waals surface area contributed by atoms with Crippen LogP contribution in [0.25, 0.3) is 0 Å². The van der Waals surface area contributed by atoms with Crippen molar-refractivity contribution in [2.24, 2.45) is 0 Å². The van der Waals surface area contributed by atoms with E-state index in [0.29, 0.717) is 56.7 Å². The Kier molecular flexibility index (Phi) is 7.53. The van der Waals surface area contributed by atoms with E-state index in [2.05, 4.69) is 30.4 Å². The molecular formula is C23H29N7O4. The van der Waals surface area contributed by atoms with E-state index in [1.165, 1.54) is 4.90 Å². The summed E-state index contributed by atoms with van der Waals surface area (Å²) < 4.78 is 5.12. The molecule has 0 spiro atoms. The van der Waals surface area contributed by atoms with Gasteiger partial charge in [-0.15, -0.1) is 0 Å². The molecule has 0 unspecified atom stereocenters. The molecule has 2 N–H and O–H groups in total. The highest BCUT2D eigenvalue weighted by Gasteiger charge is 2.35. The van der Waals surface area contributed by atoms with Gasteiger partial charge in [-0.3, -0.25) is 19.3 Å². The van der Waals surface area contributed by atoms with Crippen LogP contribution in [0.5, 0.6) is 5.75 Å². The first-order valence-corrected chi connectivity index (χ1v) is 11.3. The molecule has 11 heteroatoms.